The Bertz CT molecular complexity index is 666. The van der Waals surface area contributed by atoms with Gasteiger partial charge in [0.25, 0.3) is 5.91 Å². The van der Waals surface area contributed by atoms with Gasteiger partial charge < -0.3 is 9.64 Å². The highest BCUT2D eigenvalue weighted by Crippen LogP contribution is 2.28. The Morgan fingerprint density at radius 2 is 1.91 bits per heavy atom. The van der Waals surface area contributed by atoms with Crippen LogP contribution in [0.25, 0.3) is 0 Å². The first-order valence-corrected chi connectivity index (χ1v) is 9.65. The van der Waals surface area contributed by atoms with E-state index in [4.69, 9.17) is 4.74 Å². The predicted octanol–water partition coefficient (Wildman–Crippen LogP) is 2.22. The number of likely N-dealkylation sites (N-methyl/N-ethyl adjacent to an activating group) is 1. The molecule has 0 unspecified atom stereocenters. The standard InChI is InChI=1S/C17H25NO4S/c1-13(2)14-5-7-15(8-6-14)22-11-16(19)18(4)17(3)9-10-23(20,21)12-17/h5-8,13H,9-12H2,1-4H3/t17-/m0/s1. The van der Waals surface area contributed by atoms with E-state index in [0.717, 1.165) is 0 Å². The maximum absolute atomic E-state index is 12.3. The Labute approximate surface area is 138 Å². The minimum absolute atomic E-state index is 0.0192. The summed E-state index contributed by atoms with van der Waals surface area (Å²) in [6.07, 6.45) is 0.473. The molecule has 1 saturated heterocycles. The van der Waals surface area contributed by atoms with E-state index in [2.05, 4.69) is 13.8 Å². The summed E-state index contributed by atoms with van der Waals surface area (Å²) >= 11 is 0. The van der Waals surface area contributed by atoms with Crippen molar-refractivity contribution in [1.29, 1.82) is 0 Å². The van der Waals surface area contributed by atoms with Crippen molar-refractivity contribution in [2.24, 2.45) is 0 Å². The third kappa shape index (κ3) is 4.25. The summed E-state index contributed by atoms with van der Waals surface area (Å²) in [5.41, 5.74) is 0.574. The van der Waals surface area contributed by atoms with Gasteiger partial charge in [0.1, 0.15) is 5.75 Å². The molecule has 128 valence electrons. The molecule has 0 bridgehead atoms. The van der Waals surface area contributed by atoms with E-state index in [0.29, 0.717) is 18.1 Å². The van der Waals surface area contributed by atoms with Gasteiger partial charge in [0.2, 0.25) is 0 Å². The first kappa shape index (κ1) is 17.8. The SMILES string of the molecule is CC(C)c1ccc(OCC(=O)N(C)[C@@]2(C)CCS(=O)(=O)C2)cc1. The lowest BCUT2D eigenvalue weighted by Crippen LogP contribution is -2.49. The molecule has 1 fully saturated rings. The fourth-order valence-electron chi connectivity index (χ4n) is 2.75. The van der Waals surface area contributed by atoms with Crippen molar-refractivity contribution in [3.8, 4) is 5.75 Å². The molecule has 1 aromatic rings. The van der Waals surface area contributed by atoms with E-state index < -0.39 is 15.4 Å². The Hall–Kier alpha value is -1.56. The fourth-order valence-corrected chi connectivity index (χ4v) is 4.93. The minimum Gasteiger partial charge on any atom is -0.484 e. The van der Waals surface area contributed by atoms with Gasteiger partial charge in [0.05, 0.1) is 17.0 Å². The summed E-state index contributed by atoms with van der Waals surface area (Å²) in [5, 5.41) is 0. The van der Waals surface area contributed by atoms with E-state index in [1.54, 1.807) is 7.05 Å². The molecule has 1 atom stereocenters. The molecular weight excluding hydrogens is 314 g/mol. The number of hydrogen-bond acceptors (Lipinski definition) is 4. The molecule has 0 spiro atoms. The van der Waals surface area contributed by atoms with Gasteiger partial charge in [0.15, 0.2) is 16.4 Å². The van der Waals surface area contributed by atoms with Crippen LogP contribution in [0.15, 0.2) is 24.3 Å². The van der Waals surface area contributed by atoms with Crippen LogP contribution in [0.5, 0.6) is 5.75 Å². The second kappa shape index (κ2) is 6.51. The summed E-state index contributed by atoms with van der Waals surface area (Å²) in [6.45, 7) is 5.95. The van der Waals surface area contributed by atoms with Gasteiger partial charge in [-0.2, -0.15) is 0 Å². The number of carbonyl (C=O) groups excluding carboxylic acids is 1. The van der Waals surface area contributed by atoms with E-state index in [1.165, 1.54) is 10.5 Å². The second-order valence-corrected chi connectivity index (χ2v) is 8.99. The van der Waals surface area contributed by atoms with Crippen molar-refractivity contribution in [2.45, 2.75) is 38.6 Å². The number of carbonyl (C=O) groups is 1. The van der Waals surface area contributed by atoms with Crippen molar-refractivity contribution >= 4 is 15.7 Å². The van der Waals surface area contributed by atoms with Crippen molar-refractivity contribution in [1.82, 2.24) is 4.90 Å². The molecule has 6 heteroatoms. The molecule has 0 N–H and O–H groups in total. The van der Waals surface area contributed by atoms with Crippen LogP contribution in [0.3, 0.4) is 0 Å². The summed E-state index contributed by atoms with van der Waals surface area (Å²) < 4.78 is 28.9. The van der Waals surface area contributed by atoms with Gasteiger partial charge in [-0.25, -0.2) is 8.42 Å². The summed E-state index contributed by atoms with van der Waals surface area (Å²) in [4.78, 5) is 13.8. The molecule has 2 rings (SSSR count). The van der Waals surface area contributed by atoms with Gasteiger partial charge in [-0.3, -0.25) is 4.79 Å². The predicted molar refractivity (Wildman–Crippen MR) is 90.5 cm³/mol. The summed E-state index contributed by atoms with van der Waals surface area (Å²) in [6, 6.07) is 7.67. The van der Waals surface area contributed by atoms with Crippen molar-refractivity contribution < 1.29 is 17.9 Å². The Morgan fingerprint density at radius 3 is 2.39 bits per heavy atom. The zero-order valence-corrected chi connectivity index (χ0v) is 15.0. The van der Waals surface area contributed by atoms with Crippen LogP contribution in [0, 0.1) is 0 Å². The van der Waals surface area contributed by atoms with Crippen LogP contribution in [-0.2, 0) is 14.6 Å². The smallest absolute Gasteiger partial charge is 0.260 e. The molecular formula is C17H25NO4S. The van der Waals surface area contributed by atoms with Crippen molar-refractivity contribution in [2.75, 3.05) is 25.2 Å². The largest absolute Gasteiger partial charge is 0.484 e. The topological polar surface area (TPSA) is 63.7 Å². The Balaban J connectivity index is 1.94. The van der Waals surface area contributed by atoms with Crippen molar-refractivity contribution in [3.63, 3.8) is 0 Å². The molecule has 0 aromatic heterocycles. The minimum atomic E-state index is -3.05. The summed E-state index contributed by atoms with van der Waals surface area (Å²) in [7, 11) is -1.40. The zero-order valence-electron chi connectivity index (χ0n) is 14.2. The zero-order chi connectivity index (χ0) is 17.3. The third-order valence-corrected chi connectivity index (χ3v) is 6.46. The molecule has 1 aliphatic heterocycles. The molecule has 5 nitrogen and oxygen atoms in total. The van der Waals surface area contributed by atoms with Crippen molar-refractivity contribution in [3.05, 3.63) is 29.8 Å². The van der Waals surface area contributed by atoms with Crippen LogP contribution < -0.4 is 4.74 Å². The number of hydrogen-bond donors (Lipinski definition) is 0. The van der Waals surface area contributed by atoms with E-state index in [-0.39, 0.29) is 24.0 Å². The molecule has 1 heterocycles. The second-order valence-electron chi connectivity index (χ2n) is 6.80. The molecule has 0 radical (unpaired) electrons. The number of amides is 1. The van der Waals surface area contributed by atoms with Gasteiger partial charge in [-0.15, -0.1) is 0 Å². The number of sulfone groups is 1. The highest BCUT2D eigenvalue weighted by Gasteiger charge is 2.43. The highest BCUT2D eigenvalue weighted by molar-refractivity contribution is 7.91. The van der Waals surface area contributed by atoms with Crippen LogP contribution >= 0.6 is 0 Å². The summed E-state index contributed by atoms with van der Waals surface area (Å²) in [5.74, 6) is 1.03. The third-order valence-electron chi connectivity index (χ3n) is 4.58. The molecule has 1 amide bonds. The maximum atomic E-state index is 12.3. The van der Waals surface area contributed by atoms with Gasteiger partial charge in [-0.1, -0.05) is 26.0 Å². The molecule has 23 heavy (non-hydrogen) atoms. The first-order chi connectivity index (χ1) is 10.6. The van der Waals surface area contributed by atoms with Crippen LogP contribution in [0.1, 0.15) is 38.7 Å². The number of benzene rings is 1. The normalized spacial score (nSPS) is 23.0. The quantitative estimate of drug-likeness (QED) is 0.825. The Kier molecular flexibility index (Phi) is 5.04. The Morgan fingerprint density at radius 1 is 1.30 bits per heavy atom. The lowest BCUT2D eigenvalue weighted by atomic mass is 10.00. The van der Waals surface area contributed by atoms with Crippen LogP contribution in [-0.4, -0.2) is 49.9 Å². The maximum Gasteiger partial charge on any atom is 0.260 e. The van der Waals surface area contributed by atoms with E-state index in [9.17, 15) is 13.2 Å². The first-order valence-electron chi connectivity index (χ1n) is 7.83. The van der Waals surface area contributed by atoms with Crippen LogP contribution in [0.2, 0.25) is 0 Å². The average Bonchev–Trinajstić information content (AvgIpc) is 2.79. The lowest BCUT2D eigenvalue weighted by molar-refractivity contribution is -0.136. The fraction of sp³-hybridized carbons (Fsp3) is 0.588. The van der Waals surface area contributed by atoms with Gasteiger partial charge in [-0.05, 0) is 37.0 Å². The number of ether oxygens (including phenoxy) is 1. The molecule has 0 saturated carbocycles. The molecule has 1 aromatic carbocycles. The number of nitrogens with zero attached hydrogens (tertiary/aromatic N) is 1. The van der Waals surface area contributed by atoms with E-state index >= 15 is 0 Å². The van der Waals surface area contributed by atoms with E-state index in [1.807, 2.05) is 31.2 Å². The highest BCUT2D eigenvalue weighted by atomic mass is 32.2. The molecule has 0 aliphatic carbocycles. The van der Waals surface area contributed by atoms with Crippen LogP contribution in [0.4, 0.5) is 0 Å². The van der Waals surface area contributed by atoms with Gasteiger partial charge >= 0.3 is 0 Å². The van der Waals surface area contributed by atoms with Gasteiger partial charge in [0, 0.05) is 7.05 Å². The average molecular weight is 339 g/mol. The monoisotopic (exact) mass is 339 g/mol. The lowest BCUT2D eigenvalue weighted by Gasteiger charge is -2.34. The number of rotatable bonds is 5. The molecule has 1 aliphatic rings.